The SMILES string of the molecule is [C-]#[N+]c1ccc(-c2ccc(OCC)c(C=O)c2)cc1. The normalized spacial score (nSPS) is 9.68. The van der Waals surface area contributed by atoms with Crippen molar-refractivity contribution in [3.05, 3.63) is 59.4 Å². The molecule has 0 heterocycles. The molecule has 3 heteroatoms. The second kappa shape index (κ2) is 5.83. The predicted molar refractivity (Wildman–Crippen MR) is 74.7 cm³/mol. The summed E-state index contributed by atoms with van der Waals surface area (Å²) in [6, 6.07) is 12.8. The van der Waals surface area contributed by atoms with Gasteiger partial charge in [-0.3, -0.25) is 4.79 Å². The Morgan fingerprint density at radius 1 is 1.16 bits per heavy atom. The summed E-state index contributed by atoms with van der Waals surface area (Å²) < 4.78 is 5.38. The van der Waals surface area contributed by atoms with Crippen LogP contribution in [0.25, 0.3) is 16.0 Å². The molecule has 0 bridgehead atoms. The quantitative estimate of drug-likeness (QED) is 0.604. The number of aldehydes is 1. The summed E-state index contributed by atoms with van der Waals surface area (Å²) in [5.41, 5.74) is 3.04. The summed E-state index contributed by atoms with van der Waals surface area (Å²) >= 11 is 0. The first-order valence-corrected chi connectivity index (χ1v) is 5.98. The zero-order chi connectivity index (χ0) is 13.7. The van der Waals surface area contributed by atoms with Crippen LogP contribution in [0.2, 0.25) is 0 Å². The molecule has 19 heavy (non-hydrogen) atoms. The molecule has 0 saturated heterocycles. The number of ether oxygens (including phenoxy) is 1. The van der Waals surface area contributed by atoms with Crippen LogP contribution in [0.1, 0.15) is 17.3 Å². The van der Waals surface area contributed by atoms with Gasteiger partial charge >= 0.3 is 0 Å². The third kappa shape index (κ3) is 2.80. The van der Waals surface area contributed by atoms with Gasteiger partial charge in [-0.05, 0) is 30.2 Å². The van der Waals surface area contributed by atoms with Crippen LogP contribution >= 0.6 is 0 Å². The fourth-order valence-electron chi connectivity index (χ4n) is 1.84. The van der Waals surface area contributed by atoms with E-state index in [1.165, 1.54) is 0 Å². The minimum absolute atomic E-state index is 0.528. The summed E-state index contributed by atoms with van der Waals surface area (Å²) in [5.74, 6) is 0.596. The zero-order valence-corrected chi connectivity index (χ0v) is 10.6. The van der Waals surface area contributed by atoms with E-state index < -0.39 is 0 Å². The van der Waals surface area contributed by atoms with Gasteiger partial charge in [-0.15, -0.1) is 0 Å². The molecule has 2 aromatic carbocycles. The first-order chi connectivity index (χ1) is 9.28. The molecule has 0 aromatic heterocycles. The second-order valence-electron chi connectivity index (χ2n) is 3.96. The largest absolute Gasteiger partial charge is 0.493 e. The van der Waals surface area contributed by atoms with Crippen molar-refractivity contribution in [1.29, 1.82) is 0 Å². The maximum Gasteiger partial charge on any atom is 0.187 e. The van der Waals surface area contributed by atoms with Gasteiger partial charge in [0.1, 0.15) is 5.75 Å². The van der Waals surface area contributed by atoms with Gasteiger partial charge in [-0.25, -0.2) is 4.85 Å². The predicted octanol–water partition coefficient (Wildman–Crippen LogP) is 4.12. The molecule has 0 aliphatic carbocycles. The minimum atomic E-state index is 0.528. The van der Waals surface area contributed by atoms with Gasteiger partial charge in [0.15, 0.2) is 12.0 Å². The molecule has 0 atom stereocenters. The monoisotopic (exact) mass is 251 g/mol. The number of nitrogens with zero attached hydrogens (tertiary/aromatic N) is 1. The molecule has 94 valence electrons. The molecule has 0 unspecified atom stereocenters. The van der Waals surface area contributed by atoms with E-state index in [0.29, 0.717) is 23.6 Å². The third-order valence-corrected chi connectivity index (χ3v) is 2.77. The smallest absolute Gasteiger partial charge is 0.187 e. The summed E-state index contributed by atoms with van der Waals surface area (Å²) in [6.45, 7) is 9.33. The fraction of sp³-hybridized carbons (Fsp3) is 0.125. The van der Waals surface area contributed by atoms with E-state index in [1.807, 2.05) is 25.1 Å². The van der Waals surface area contributed by atoms with Crippen LogP contribution in [0.4, 0.5) is 5.69 Å². The van der Waals surface area contributed by atoms with Crippen LogP contribution in [0, 0.1) is 6.57 Å². The van der Waals surface area contributed by atoms with Gasteiger partial charge in [-0.2, -0.15) is 0 Å². The Morgan fingerprint density at radius 2 is 1.84 bits per heavy atom. The molecule has 0 spiro atoms. The molecule has 0 fully saturated rings. The Bertz CT molecular complexity index is 624. The lowest BCUT2D eigenvalue weighted by Crippen LogP contribution is -1.96. The Hall–Kier alpha value is -2.60. The van der Waals surface area contributed by atoms with Crippen LogP contribution in [0.3, 0.4) is 0 Å². The fourth-order valence-corrected chi connectivity index (χ4v) is 1.84. The van der Waals surface area contributed by atoms with E-state index in [1.54, 1.807) is 24.3 Å². The highest BCUT2D eigenvalue weighted by molar-refractivity contribution is 5.83. The van der Waals surface area contributed by atoms with E-state index in [-0.39, 0.29) is 0 Å². The third-order valence-electron chi connectivity index (χ3n) is 2.77. The van der Waals surface area contributed by atoms with Crippen molar-refractivity contribution in [2.75, 3.05) is 6.61 Å². The molecular weight excluding hydrogens is 238 g/mol. The molecule has 2 rings (SSSR count). The van der Waals surface area contributed by atoms with Crippen LogP contribution < -0.4 is 4.74 Å². The van der Waals surface area contributed by atoms with Gasteiger partial charge in [0.25, 0.3) is 0 Å². The van der Waals surface area contributed by atoms with Crippen molar-refractivity contribution in [2.24, 2.45) is 0 Å². The lowest BCUT2D eigenvalue weighted by molar-refractivity contribution is 0.112. The van der Waals surface area contributed by atoms with E-state index in [9.17, 15) is 4.79 Å². The molecule has 0 amide bonds. The Balaban J connectivity index is 2.39. The van der Waals surface area contributed by atoms with Crippen molar-refractivity contribution in [3.63, 3.8) is 0 Å². The standard InChI is InChI=1S/C16H13NO2/c1-3-19-16-9-6-13(10-14(16)11-18)12-4-7-15(17-2)8-5-12/h4-11H,3H2,1H3. The average molecular weight is 251 g/mol. The van der Waals surface area contributed by atoms with Gasteiger partial charge < -0.3 is 4.74 Å². The summed E-state index contributed by atoms with van der Waals surface area (Å²) in [5, 5.41) is 0. The van der Waals surface area contributed by atoms with Gasteiger partial charge in [-0.1, -0.05) is 30.3 Å². The van der Waals surface area contributed by atoms with Crippen molar-refractivity contribution >= 4 is 12.0 Å². The molecule has 0 saturated carbocycles. The minimum Gasteiger partial charge on any atom is -0.493 e. The van der Waals surface area contributed by atoms with Crippen molar-refractivity contribution in [3.8, 4) is 16.9 Å². The van der Waals surface area contributed by atoms with Gasteiger partial charge in [0.05, 0.1) is 18.7 Å². The highest BCUT2D eigenvalue weighted by atomic mass is 16.5. The number of hydrogen-bond donors (Lipinski definition) is 0. The van der Waals surface area contributed by atoms with Gasteiger partial charge in [0.2, 0.25) is 0 Å². The zero-order valence-electron chi connectivity index (χ0n) is 10.6. The topological polar surface area (TPSA) is 30.7 Å². The Labute approximate surface area is 112 Å². The molecule has 0 aliphatic heterocycles. The molecule has 0 N–H and O–H groups in total. The van der Waals surface area contributed by atoms with E-state index >= 15 is 0 Å². The maximum absolute atomic E-state index is 11.1. The van der Waals surface area contributed by atoms with Crippen LogP contribution in [-0.4, -0.2) is 12.9 Å². The highest BCUT2D eigenvalue weighted by Gasteiger charge is 2.05. The number of rotatable bonds is 4. The number of carbonyl (C=O) groups excluding carboxylic acids is 1. The van der Waals surface area contributed by atoms with Gasteiger partial charge in [0, 0.05) is 0 Å². The molecular formula is C16H13NO2. The van der Waals surface area contributed by atoms with E-state index in [4.69, 9.17) is 11.3 Å². The van der Waals surface area contributed by atoms with E-state index in [0.717, 1.165) is 17.4 Å². The second-order valence-corrected chi connectivity index (χ2v) is 3.96. The first kappa shape index (κ1) is 12.8. The first-order valence-electron chi connectivity index (χ1n) is 5.98. The van der Waals surface area contributed by atoms with Crippen LogP contribution in [0.5, 0.6) is 5.75 Å². The summed E-state index contributed by atoms with van der Waals surface area (Å²) in [4.78, 5) is 14.4. The summed E-state index contributed by atoms with van der Waals surface area (Å²) in [6.07, 6.45) is 0.794. The molecule has 2 aromatic rings. The molecule has 0 aliphatic rings. The van der Waals surface area contributed by atoms with Crippen LogP contribution in [0.15, 0.2) is 42.5 Å². The van der Waals surface area contributed by atoms with Crippen molar-refractivity contribution in [2.45, 2.75) is 6.92 Å². The molecule has 0 radical (unpaired) electrons. The highest BCUT2D eigenvalue weighted by Crippen LogP contribution is 2.27. The average Bonchev–Trinajstić information content (AvgIpc) is 2.48. The summed E-state index contributed by atoms with van der Waals surface area (Å²) in [7, 11) is 0. The van der Waals surface area contributed by atoms with Crippen molar-refractivity contribution in [1.82, 2.24) is 0 Å². The van der Waals surface area contributed by atoms with E-state index in [2.05, 4.69) is 4.85 Å². The Morgan fingerprint density at radius 3 is 2.42 bits per heavy atom. The van der Waals surface area contributed by atoms with Crippen LogP contribution in [-0.2, 0) is 0 Å². The lowest BCUT2D eigenvalue weighted by Gasteiger charge is -2.08. The maximum atomic E-state index is 11.1. The lowest BCUT2D eigenvalue weighted by atomic mass is 10.0. The number of benzene rings is 2. The number of carbonyl (C=O) groups is 1. The molecule has 3 nitrogen and oxygen atoms in total. The Kier molecular flexibility index (Phi) is 3.94. The van der Waals surface area contributed by atoms with Crippen molar-refractivity contribution < 1.29 is 9.53 Å². The number of hydrogen-bond acceptors (Lipinski definition) is 2.